The van der Waals surface area contributed by atoms with Crippen LogP contribution < -0.4 is 9.62 Å². The van der Waals surface area contributed by atoms with Crippen molar-refractivity contribution in [3.8, 4) is 0 Å². The Balaban J connectivity index is 1.91. The van der Waals surface area contributed by atoms with Crippen LogP contribution in [0.5, 0.6) is 0 Å². The molecule has 2 heterocycles. The van der Waals surface area contributed by atoms with E-state index in [1.807, 2.05) is 58.2 Å². The van der Waals surface area contributed by atoms with Crippen LogP contribution in [0.15, 0.2) is 54.7 Å². The molecule has 0 aliphatic heterocycles. The number of hydrogen-bond donors (Lipinski definition) is 1. The van der Waals surface area contributed by atoms with Gasteiger partial charge in [0.05, 0.1) is 18.5 Å². The quantitative estimate of drug-likeness (QED) is 0.637. The number of sulfonamides is 1. The molecule has 1 amide bonds. The molecule has 3 aromatic rings. The Labute approximate surface area is 168 Å². The van der Waals surface area contributed by atoms with Crippen molar-refractivity contribution in [3.05, 3.63) is 76.6 Å². The Morgan fingerprint density at radius 1 is 1.11 bits per heavy atom. The molecule has 0 bridgehead atoms. The summed E-state index contributed by atoms with van der Waals surface area (Å²) in [7, 11) is -3.65. The Hall–Kier alpha value is -2.78. The van der Waals surface area contributed by atoms with Gasteiger partial charge in [-0.05, 0) is 24.6 Å². The molecule has 1 N–H and O–H groups in total. The summed E-state index contributed by atoms with van der Waals surface area (Å²) in [6.07, 6.45) is 2.67. The van der Waals surface area contributed by atoms with Crippen LogP contribution >= 0.6 is 11.3 Å². The van der Waals surface area contributed by atoms with Crippen LogP contribution in [0, 0.1) is 6.92 Å². The topological polar surface area (TPSA) is 92.3 Å². The van der Waals surface area contributed by atoms with E-state index in [1.165, 1.54) is 11.3 Å². The zero-order valence-corrected chi connectivity index (χ0v) is 17.1. The zero-order chi connectivity index (χ0) is 20.1. The number of carbonyl (C=O) groups is 1. The predicted molar refractivity (Wildman–Crippen MR) is 110 cm³/mol. The van der Waals surface area contributed by atoms with Crippen LogP contribution in [0.2, 0.25) is 0 Å². The molecule has 0 saturated heterocycles. The monoisotopic (exact) mass is 416 g/mol. The van der Waals surface area contributed by atoms with Gasteiger partial charge >= 0.3 is 0 Å². The first-order valence-electron chi connectivity index (χ1n) is 8.50. The second kappa shape index (κ2) is 8.49. The van der Waals surface area contributed by atoms with Crippen LogP contribution in [0.4, 0.5) is 5.13 Å². The third kappa shape index (κ3) is 5.37. The second-order valence-electron chi connectivity index (χ2n) is 6.27. The van der Waals surface area contributed by atoms with Crippen molar-refractivity contribution in [2.45, 2.75) is 20.0 Å². The highest BCUT2D eigenvalue weighted by atomic mass is 32.2. The first kappa shape index (κ1) is 20.0. The van der Waals surface area contributed by atoms with Crippen LogP contribution in [0.25, 0.3) is 0 Å². The summed E-state index contributed by atoms with van der Waals surface area (Å²) >= 11 is 1.35. The van der Waals surface area contributed by atoms with E-state index in [2.05, 4.69) is 9.97 Å². The third-order valence-corrected chi connectivity index (χ3v) is 5.43. The lowest BCUT2D eigenvalue weighted by atomic mass is 10.2. The number of thiazole rings is 1. The van der Waals surface area contributed by atoms with Crippen LogP contribution in [0.1, 0.15) is 26.6 Å². The number of nitrogens with one attached hydrogen (secondary N) is 1. The summed E-state index contributed by atoms with van der Waals surface area (Å²) < 4.78 is 24.7. The van der Waals surface area contributed by atoms with Crippen molar-refractivity contribution in [3.63, 3.8) is 0 Å². The van der Waals surface area contributed by atoms with Gasteiger partial charge in [0.15, 0.2) is 5.13 Å². The molecular formula is C19H20N4O3S2. The van der Waals surface area contributed by atoms with E-state index < -0.39 is 15.9 Å². The highest BCUT2D eigenvalue weighted by Gasteiger charge is 2.21. The average molecular weight is 417 g/mol. The number of benzene rings is 1. The molecular weight excluding hydrogens is 396 g/mol. The van der Waals surface area contributed by atoms with Crippen LogP contribution in [-0.2, 0) is 23.1 Å². The fraction of sp³-hybridized carbons (Fsp3) is 0.211. The summed E-state index contributed by atoms with van der Waals surface area (Å²) in [6, 6.07) is 15.6. The lowest BCUT2D eigenvalue weighted by molar-refractivity contribution is 0.0977. The maximum absolute atomic E-state index is 12.3. The van der Waals surface area contributed by atoms with Gasteiger partial charge in [0, 0.05) is 17.6 Å². The summed E-state index contributed by atoms with van der Waals surface area (Å²) in [5.41, 5.74) is 2.08. The van der Waals surface area contributed by atoms with Crippen molar-refractivity contribution >= 4 is 32.4 Å². The molecule has 28 heavy (non-hydrogen) atoms. The van der Waals surface area contributed by atoms with Crippen molar-refractivity contribution < 1.29 is 13.2 Å². The first-order chi connectivity index (χ1) is 13.3. The summed E-state index contributed by atoms with van der Waals surface area (Å²) in [5.74, 6) is -0.722. The van der Waals surface area contributed by atoms with E-state index in [1.54, 1.807) is 13.1 Å². The standard InChI is InChI=1S/C19H20N4O3S2/c1-14-17(18(24)22-28(2,25)26)21-19(27-14)23(12-15-8-4-3-5-9-15)13-16-10-6-7-11-20-16/h3-11H,12-13H2,1-2H3,(H,22,24). The Kier molecular flexibility index (Phi) is 6.05. The van der Waals surface area contributed by atoms with Crippen molar-refractivity contribution in [2.24, 2.45) is 0 Å². The molecule has 0 unspecified atom stereocenters. The van der Waals surface area contributed by atoms with E-state index in [4.69, 9.17) is 0 Å². The minimum atomic E-state index is -3.65. The number of amides is 1. The molecule has 9 heteroatoms. The van der Waals surface area contributed by atoms with Gasteiger partial charge in [0.2, 0.25) is 10.0 Å². The fourth-order valence-electron chi connectivity index (χ4n) is 2.63. The van der Waals surface area contributed by atoms with Gasteiger partial charge in [0.25, 0.3) is 5.91 Å². The first-order valence-corrected chi connectivity index (χ1v) is 11.2. The van der Waals surface area contributed by atoms with E-state index >= 15 is 0 Å². The normalized spacial score (nSPS) is 11.2. The molecule has 7 nitrogen and oxygen atoms in total. The predicted octanol–water partition coefficient (Wildman–Crippen LogP) is 2.74. The zero-order valence-electron chi connectivity index (χ0n) is 15.5. The minimum absolute atomic E-state index is 0.115. The van der Waals surface area contributed by atoms with Gasteiger partial charge in [-0.1, -0.05) is 36.4 Å². The van der Waals surface area contributed by atoms with E-state index in [9.17, 15) is 13.2 Å². The maximum atomic E-state index is 12.3. The number of carbonyl (C=O) groups excluding carboxylic acids is 1. The lowest BCUT2D eigenvalue weighted by Gasteiger charge is -2.21. The van der Waals surface area contributed by atoms with Gasteiger partial charge in [-0.15, -0.1) is 11.3 Å². The highest BCUT2D eigenvalue weighted by molar-refractivity contribution is 7.89. The number of hydrogen-bond acceptors (Lipinski definition) is 7. The summed E-state index contributed by atoms with van der Waals surface area (Å²) in [5, 5.41) is 0.630. The molecule has 0 spiro atoms. The van der Waals surface area contributed by atoms with Crippen molar-refractivity contribution in [1.82, 2.24) is 14.7 Å². The van der Waals surface area contributed by atoms with E-state index in [-0.39, 0.29) is 5.69 Å². The smallest absolute Gasteiger partial charge is 0.284 e. The Morgan fingerprint density at radius 3 is 2.46 bits per heavy atom. The van der Waals surface area contributed by atoms with E-state index in [0.29, 0.717) is 23.1 Å². The molecule has 0 saturated carbocycles. The Morgan fingerprint density at radius 2 is 1.82 bits per heavy atom. The van der Waals surface area contributed by atoms with Gasteiger partial charge < -0.3 is 4.90 Å². The molecule has 1 aromatic carbocycles. The van der Waals surface area contributed by atoms with Gasteiger partial charge in [-0.2, -0.15) is 0 Å². The fourth-order valence-corrected chi connectivity index (χ4v) is 3.96. The molecule has 3 rings (SSSR count). The third-order valence-electron chi connectivity index (χ3n) is 3.84. The minimum Gasteiger partial charge on any atom is -0.338 e. The second-order valence-corrected chi connectivity index (χ2v) is 9.20. The molecule has 146 valence electrons. The molecule has 0 aliphatic rings. The molecule has 2 aromatic heterocycles. The SMILES string of the molecule is Cc1sc(N(Cc2ccccc2)Cc2ccccn2)nc1C(=O)NS(C)(=O)=O. The van der Waals surface area contributed by atoms with Gasteiger partial charge in [-0.25, -0.2) is 18.1 Å². The Bertz CT molecular complexity index is 1010. The number of aromatic nitrogens is 2. The average Bonchev–Trinajstić information content (AvgIpc) is 3.03. The number of anilines is 1. The van der Waals surface area contributed by atoms with Crippen molar-refractivity contribution in [2.75, 3.05) is 11.2 Å². The number of pyridine rings is 1. The van der Waals surface area contributed by atoms with Gasteiger partial charge in [-0.3, -0.25) is 9.78 Å². The van der Waals surface area contributed by atoms with Crippen LogP contribution in [0.3, 0.4) is 0 Å². The number of nitrogens with zero attached hydrogens (tertiary/aromatic N) is 3. The number of rotatable bonds is 7. The summed E-state index contributed by atoms with van der Waals surface area (Å²) in [4.78, 5) is 23.7. The molecule has 0 radical (unpaired) electrons. The van der Waals surface area contributed by atoms with E-state index in [0.717, 1.165) is 17.5 Å². The molecule has 0 fully saturated rings. The van der Waals surface area contributed by atoms with Crippen molar-refractivity contribution in [1.29, 1.82) is 0 Å². The summed E-state index contributed by atoms with van der Waals surface area (Å²) in [6.45, 7) is 2.84. The van der Waals surface area contributed by atoms with Gasteiger partial charge in [0.1, 0.15) is 5.69 Å². The largest absolute Gasteiger partial charge is 0.338 e. The lowest BCUT2D eigenvalue weighted by Crippen LogP contribution is -2.30. The molecule has 0 atom stereocenters. The maximum Gasteiger partial charge on any atom is 0.284 e. The highest BCUT2D eigenvalue weighted by Crippen LogP contribution is 2.28. The number of aryl methyl sites for hydroxylation is 1. The molecule has 0 aliphatic carbocycles. The van der Waals surface area contributed by atoms with Crippen LogP contribution in [-0.4, -0.2) is 30.5 Å².